The number of hydrogen-bond donors (Lipinski definition) is 1. The van der Waals surface area contributed by atoms with E-state index in [1.54, 1.807) is 0 Å². The highest BCUT2D eigenvalue weighted by molar-refractivity contribution is 5.72. The van der Waals surface area contributed by atoms with E-state index in [1.807, 2.05) is 12.2 Å². The highest BCUT2D eigenvalue weighted by Gasteiger charge is 2.57. The zero-order valence-electron chi connectivity index (χ0n) is 32.7. The average molecular weight is 749 g/mol. The number of carbonyl (C=O) groups is 5. The van der Waals surface area contributed by atoms with E-state index in [1.165, 1.54) is 25.7 Å². The summed E-state index contributed by atoms with van der Waals surface area (Å²) in [7, 11) is 0. The number of esters is 5. The third-order valence-corrected chi connectivity index (χ3v) is 10.0. The molecule has 0 saturated heterocycles. The third-order valence-electron chi connectivity index (χ3n) is 10.0. The number of aliphatic hydroxyl groups excluding tert-OH is 1. The number of rotatable bonds is 33. The molecule has 1 N–H and O–H groups in total. The molecule has 0 unspecified atom stereocenters. The van der Waals surface area contributed by atoms with Crippen molar-refractivity contribution in [2.45, 2.75) is 155 Å². The van der Waals surface area contributed by atoms with Crippen LogP contribution in [0.25, 0.3) is 0 Å². The van der Waals surface area contributed by atoms with Gasteiger partial charge in [-0.25, -0.2) is 0 Å². The molecule has 3 saturated carbocycles. The Hall–Kier alpha value is -3.21. The van der Waals surface area contributed by atoms with Gasteiger partial charge in [0.2, 0.25) is 0 Å². The fraction of sp³-hybridized carbons (Fsp3) is 0.786. The van der Waals surface area contributed by atoms with Gasteiger partial charge < -0.3 is 28.8 Å². The van der Waals surface area contributed by atoms with Crippen molar-refractivity contribution in [3.63, 3.8) is 0 Å². The van der Waals surface area contributed by atoms with E-state index in [4.69, 9.17) is 23.7 Å². The van der Waals surface area contributed by atoms with Crippen LogP contribution in [0.3, 0.4) is 0 Å². The molecule has 0 radical (unpaired) electrons. The van der Waals surface area contributed by atoms with Gasteiger partial charge in [0.1, 0.15) is 19.8 Å². The summed E-state index contributed by atoms with van der Waals surface area (Å²) >= 11 is 0. The van der Waals surface area contributed by atoms with Crippen molar-refractivity contribution in [1.82, 2.24) is 0 Å². The van der Waals surface area contributed by atoms with E-state index in [-0.39, 0.29) is 68.8 Å². The summed E-state index contributed by atoms with van der Waals surface area (Å²) in [5.41, 5.74) is -1.29. The normalized spacial score (nSPS) is 17.6. The molecule has 11 nitrogen and oxygen atoms in total. The van der Waals surface area contributed by atoms with Gasteiger partial charge >= 0.3 is 29.8 Å². The number of ether oxygens (including phenoxy) is 5. The van der Waals surface area contributed by atoms with Crippen LogP contribution in [0, 0.1) is 16.7 Å². The minimum absolute atomic E-state index is 0.0390. The topological polar surface area (TPSA) is 152 Å². The Morgan fingerprint density at radius 3 is 1.28 bits per heavy atom. The lowest BCUT2D eigenvalue weighted by molar-refractivity contribution is -0.174. The summed E-state index contributed by atoms with van der Waals surface area (Å²) in [5, 5.41) is 10.4. The maximum absolute atomic E-state index is 12.7. The number of carbonyl (C=O) groups excluding carboxylic acids is 5. The summed E-state index contributed by atoms with van der Waals surface area (Å²) in [6.45, 7) is 3.54. The molecule has 11 heteroatoms. The molecule has 3 fully saturated rings. The predicted molar refractivity (Wildman–Crippen MR) is 201 cm³/mol. The van der Waals surface area contributed by atoms with Crippen LogP contribution in [0.4, 0.5) is 0 Å². The first-order valence-corrected chi connectivity index (χ1v) is 20.3. The van der Waals surface area contributed by atoms with E-state index < -0.39 is 24.0 Å². The second-order valence-electron chi connectivity index (χ2n) is 15.2. The minimum atomic E-state index is -1.33. The molecular formula is C42H68O11. The Morgan fingerprint density at radius 1 is 0.547 bits per heavy atom. The Morgan fingerprint density at radius 2 is 0.925 bits per heavy atom. The van der Waals surface area contributed by atoms with Crippen LogP contribution in [0.15, 0.2) is 24.3 Å². The first-order chi connectivity index (χ1) is 25.6. The van der Waals surface area contributed by atoms with E-state index in [2.05, 4.69) is 26.0 Å². The molecule has 302 valence electrons. The van der Waals surface area contributed by atoms with Crippen molar-refractivity contribution in [2.75, 3.05) is 39.6 Å². The van der Waals surface area contributed by atoms with Gasteiger partial charge in [0, 0.05) is 25.7 Å². The summed E-state index contributed by atoms with van der Waals surface area (Å²) in [6.07, 6.45) is 24.5. The molecule has 0 heterocycles. The van der Waals surface area contributed by atoms with Gasteiger partial charge in [-0.05, 0) is 94.8 Å². The lowest BCUT2D eigenvalue weighted by Gasteiger charge is -2.61. The number of unbranched alkanes of at least 4 members (excludes halogenated alkanes) is 8. The standard InChI is InChI=1S/C42H68O11/c1-3-5-7-9-11-13-19-25-49-36(44)21-15-17-23-38(46)51-32-42(31-43,34-53-40(48)30-41-27-35(28-41)29-41)33-52-39(47)24-18-16-22-37(45)50-26-20-14-12-10-8-6-4-2/h11-14,35,43H,3-10,15-34H2,1-2H3/b13-11-,14-12-. The predicted octanol–water partition coefficient (Wildman–Crippen LogP) is 8.05. The Balaban J connectivity index is 1.70. The highest BCUT2D eigenvalue weighted by atomic mass is 16.6. The van der Waals surface area contributed by atoms with Crippen LogP contribution in [0.5, 0.6) is 0 Å². The van der Waals surface area contributed by atoms with Crippen molar-refractivity contribution < 1.29 is 52.8 Å². The van der Waals surface area contributed by atoms with E-state index in [0.29, 0.717) is 64.1 Å². The van der Waals surface area contributed by atoms with Crippen molar-refractivity contribution in [3.8, 4) is 0 Å². The molecule has 0 amide bonds. The molecule has 0 spiro atoms. The molecule has 0 aromatic rings. The van der Waals surface area contributed by atoms with Gasteiger partial charge in [-0.1, -0.05) is 63.8 Å². The molecule has 2 bridgehead atoms. The van der Waals surface area contributed by atoms with Crippen molar-refractivity contribution in [3.05, 3.63) is 24.3 Å². The summed E-state index contributed by atoms with van der Waals surface area (Å²) < 4.78 is 27.0. The van der Waals surface area contributed by atoms with Crippen LogP contribution < -0.4 is 0 Å². The second-order valence-corrected chi connectivity index (χ2v) is 15.2. The quantitative estimate of drug-likeness (QED) is 0.0300. The highest BCUT2D eigenvalue weighted by Crippen LogP contribution is 2.66. The van der Waals surface area contributed by atoms with Crippen LogP contribution in [0.2, 0.25) is 0 Å². The third kappa shape index (κ3) is 20.7. The zero-order chi connectivity index (χ0) is 38.6. The van der Waals surface area contributed by atoms with Crippen LogP contribution in [0.1, 0.15) is 155 Å². The Bertz CT molecular complexity index is 1060. The van der Waals surface area contributed by atoms with Gasteiger partial charge in [0.05, 0.1) is 31.7 Å². The van der Waals surface area contributed by atoms with Gasteiger partial charge in [0.15, 0.2) is 0 Å². The lowest BCUT2D eigenvalue weighted by atomic mass is 9.43. The summed E-state index contributed by atoms with van der Waals surface area (Å²) in [4.78, 5) is 61.9. The van der Waals surface area contributed by atoms with Crippen LogP contribution in [-0.4, -0.2) is 74.6 Å². The van der Waals surface area contributed by atoms with Crippen LogP contribution >= 0.6 is 0 Å². The maximum Gasteiger partial charge on any atom is 0.306 e. The van der Waals surface area contributed by atoms with E-state index in [9.17, 15) is 29.1 Å². The first-order valence-electron chi connectivity index (χ1n) is 20.3. The van der Waals surface area contributed by atoms with E-state index >= 15 is 0 Å². The fourth-order valence-corrected chi connectivity index (χ4v) is 6.54. The molecule has 3 aliphatic carbocycles. The minimum Gasteiger partial charge on any atom is -0.465 e. The van der Waals surface area contributed by atoms with Gasteiger partial charge in [-0.3, -0.25) is 24.0 Å². The number of aliphatic hydroxyl groups is 1. The Labute approximate surface area is 317 Å². The zero-order valence-corrected chi connectivity index (χ0v) is 32.7. The maximum atomic E-state index is 12.7. The molecule has 0 aliphatic heterocycles. The van der Waals surface area contributed by atoms with Crippen molar-refractivity contribution >= 4 is 29.8 Å². The van der Waals surface area contributed by atoms with Crippen LogP contribution in [-0.2, 0) is 47.7 Å². The lowest BCUT2D eigenvalue weighted by Crippen LogP contribution is -2.53. The monoisotopic (exact) mass is 748 g/mol. The summed E-state index contributed by atoms with van der Waals surface area (Å²) in [6, 6.07) is 0. The second kappa shape index (κ2) is 27.4. The van der Waals surface area contributed by atoms with Crippen molar-refractivity contribution in [1.29, 1.82) is 0 Å². The smallest absolute Gasteiger partial charge is 0.306 e. The molecule has 3 rings (SSSR count). The number of hydrogen-bond acceptors (Lipinski definition) is 11. The van der Waals surface area contributed by atoms with E-state index in [0.717, 1.165) is 44.9 Å². The molecule has 0 aromatic carbocycles. The Kier molecular flexibility index (Phi) is 23.7. The van der Waals surface area contributed by atoms with Crippen molar-refractivity contribution in [2.24, 2.45) is 16.7 Å². The fourth-order valence-electron chi connectivity index (χ4n) is 6.54. The molecule has 0 atom stereocenters. The van der Waals surface area contributed by atoms with Gasteiger partial charge in [-0.15, -0.1) is 0 Å². The number of allylic oxidation sites excluding steroid dienone is 2. The average Bonchev–Trinajstić information content (AvgIpc) is 3.11. The largest absolute Gasteiger partial charge is 0.465 e. The van der Waals surface area contributed by atoms with Gasteiger partial charge in [-0.2, -0.15) is 0 Å². The molecule has 0 aromatic heterocycles. The molecule has 53 heavy (non-hydrogen) atoms. The van der Waals surface area contributed by atoms with Gasteiger partial charge in [0.25, 0.3) is 0 Å². The molecular weight excluding hydrogens is 680 g/mol. The first kappa shape index (κ1) is 45.9. The summed E-state index contributed by atoms with van der Waals surface area (Å²) in [5.74, 6) is -1.36. The SMILES string of the molecule is CCCCC/C=C\CCOC(=O)CCCCC(=O)OCC(CO)(COC(=O)CCCCC(=O)OCC/C=C\CCCCC)COC(=O)CC12CC(C1)C2. The molecule has 3 aliphatic rings.